The molecule has 0 radical (unpaired) electrons. The number of fused-ring (bicyclic) bond motifs is 2. The van der Waals surface area contributed by atoms with Crippen molar-refractivity contribution in [3.63, 3.8) is 0 Å². The van der Waals surface area contributed by atoms with Crippen LogP contribution in [0.15, 0.2) is 30.9 Å². The quantitative estimate of drug-likeness (QED) is 0.914. The molecule has 6 nitrogen and oxygen atoms in total. The van der Waals surface area contributed by atoms with Crippen LogP contribution in [-0.4, -0.2) is 50.7 Å². The molecular weight excluding hydrogens is 290 g/mol. The van der Waals surface area contributed by atoms with Crippen molar-refractivity contribution in [3.8, 4) is 5.69 Å². The van der Waals surface area contributed by atoms with E-state index < -0.39 is 0 Å². The molecule has 2 bridgehead atoms. The molecule has 4 rings (SSSR count). The summed E-state index contributed by atoms with van der Waals surface area (Å²) in [5.74, 6) is 0.170. The van der Waals surface area contributed by atoms with Crippen molar-refractivity contribution in [1.82, 2.24) is 25.0 Å². The van der Waals surface area contributed by atoms with Crippen molar-refractivity contribution in [1.29, 1.82) is 0 Å². The van der Waals surface area contributed by atoms with Gasteiger partial charge in [0.25, 0.3) is 5.91 Å². The van der Waals surface area contributed by atoms with E-state index in [-0.39, 0.29) is 5.91 Å². The first-order chi connectivity index (χ1) is 11.2. The van der Waals surface area contributed by atoms with E-state index in [1.165, 1.54) is 6.33 Å². The van der Waals surface area contributed by atoms with Crippen LogP contribution in [0.5, 0.6) is 0 Å². The Morgan fingerprint density at radius 1 is 1.26 bits per heavy atom. The van der Waals surface area contributed by atoms with Crippen molar-refractivity contribution in [2.24, 2.45) is 0 Å². The minimum absolute atomic E-state index is 0.170. The molecule has 2 aromatic rings. The fourth-order valence-electron chi connectivity index (χ4n) is 3.82. The standard InChI is InChI=1S/C17H21N5O/c1-12-8-14(21-11-19-10-20-21)4-5-16(12)17(23)22-13-2-3-15(22)9-18-7-6-13/h4-5,8,10-11,13,15,18H,2-3,6-7,9H2,1H3. The number of rotatable bonds is 2. The lowest BCUT2D eigenvalue weighted by Crippen LogP contribution is -2.42. The predicted octanol–water partition coefficient (Wildman–Crippen LogP) is 1.54. The van der Waals surface area contributed by atoms with Gasteiger partial charge in [-0.15, -0.1) is 0 Å². The van der Waals surface area contributed by atoms with E-state index in [0.29, 0.717) is 12.1 Å². The minimum Gasteiger partial charge on any atom is -0.331 e. The predicted molar refractivity (Wildman–Crippen MR) is 86.6 cm³/mol. The van der Waals surface area contributed by atoms with Gasteiger partial charge in [0.2, 0.25) is 0 Å². The van der Waals surface area contributed by atoms with Crippen molar-refractivity contribution in [2.45, 2.75) is 38.3 Å². The molecule has 1 N–H and O–H groups in total. The molecule has 0 saturated carbocycles. The molecule has 2 aliphatic heterocycles. The molecule has 3 heterocycles. The van der Waals surface area contributed by atoms with Gasteiger partial charge in [0.15, 0.2) is 0 Å². The summed E-state index contributed by atoms with van der Waals surface area (Å²) in [7, 11) is 0. The van der Waals surface area contributed by atoms with E-state index >= 15 is 0 Å². The molecule has 2 unspecified atom stereocenters. The van der Waals surface area contributed by atoms with E-state index in [9.17, 15) is 4.79 Å². The average molecular weight is 311 g/mol. The van der Waals surface area contributed by atoms with E-state index in [1.54, 1.807) is 11.0 Å². The SMILES string of the molecule is Cc1cc(-n2cncn2)ccc1C(=O)N1C2CCNCC1CC2. The second-order valence-electron chi connectivity index (χ2n) is 6.43. The highest BCUT2D eigenvalue weighted by Crippen LogP contribution is 2.30. The molecule has 6 heteroatoms. The van der Waals surface area contributed by atoms with Crippen LogP contribution in [0, 0.1) is 6.92 Å². The Labute approximate surface area is 135 Å². The molecule has 2 fully saturated rings. The number of nitrogens with one attached hydrogen (secondary N) is 1. The van der Waals surface area contributed by atoms with E-state index in [2.05, 4.69) is 20.3 Å². The lowest BCUT2D eigenvalue weighted by atomic mass is 10.1. The molecule has 2 atom stereocenters. The Kier molecular flexibility index (Phi) is 3.61. The number of benzene rings is 1. The number of nitrogens with zero attached hydrogens (tertiary/aromatic N) is 4. The van der Waals surface area contributed by atoms with Crippen molar-refractivity contribution in [3.05, 3.63) is 42.0 Å². The number of carbonyl (C=O) groups excluding carboxylic acids is 1. The molecule has 0 spiro atoms. The van der Waals surface area contributed by atoms with Crippen LogP contribution in [0.2, 0.25) is 0 Å². The van der Waals surface area contributed by atoms with E-state index in [1.807, 2.05) is 25.1 Å². The van der Waals surface area contributed by atoms with Gasteiger partial charge in [0.1, 0.15) is 12.7 Å². The molecule has 1 amide bonds. The van der Waals surface area contributed by atoms with Gasteiger partial charge in [0.05, 0.1) is 5.69 Å². The van der Waals surface area contributed by atoms with Crippen molar-refractivity contribution >= 4 is 5.91 Å². The summed E-state index contributed by atoms with van der Waals surface area (Å²) in [5, 5.41) is 7.59. The maximum absolute atomic E-state index is 13.1. The molecule has 0 aliphatic carbocycles. The zero-order valence-electron chi connectivity index (χ0n) is 13.3. The third-order valence-electron chi connectivity index (χ3n) is 5.01. The Bertz CT molecular complexity index is 698. The molecular formula is C17H21N5O. The van der Waals surface area contributed by atoms with E-state index in [4.69, 9.17) is 0 Å². The minimum atomic E-state index is 0.170. The summed E-state index contributed by atoms with van der Waals surface area (Å²) < 4.78 is 1.71. The number of carbonyl (C=O) groups is 1. The van der Waals surface area contributed by atoms with Gasteiger partial charge in [-0.2, -0.15) is 5.10 Å². The summed E-state index contributed by atoms with van der Waals surface area (Å²) >= 11 is 0. The number of hydrogen-bond acceptors (Lipinski definition) is 4. The van der Waals surface area contributed by atoms with Crippen LogP contribution in [0.1, 0.15) is 35.2 Å². The fraction of sp³-hybridized carbons (Fsp3) is 0.471. The van der Waals surface area contributed by atoms with Crippen LogP contribution >= 0.6 is 0 Å². The Morgan fingerprint density at radius 3 is 2.91 bits per heavy atom. The van der Waals surface area contributed by atoms with Gasteiger partial charge in [0, 0.05) is 24.2 Å². The Morgan fingerprint density at radius 2 is 2.13 bits per heavy atom. The first-order valence-electron chi connectivity index (χ1n) is 8.23. The third kappa shape index (κ3) is 2.53. The Balaban J connectivity index is 1.64. The van der Waals surface area contributed by atoms with Crippen LogP contribution in [0.3, 0.4) is 0 Å². The molecule has 1 aromatic heterocycles. The van der Waals surface area contributed by atoms with Crippen LogP contribution in [0.25, 0.3) is 5.69 Å². The summed E-state index contributed by atoms with van der Waals surface area (Å²) in [5.41, 5.74) is 2.71. The zero-order valence-corrected chi connectivity index (χ0v) is 13.3. The zero-order chi connectivity index (χ0) is 15.8. The molecule has 2 saturated heterocycles. The number of aryl methyl sites for hydroxylation is 1. The smallest absolute Gasteiger partial charge is 0.254 e. The third-order valence-corrected chi connectivity index (χ3v) is 5.01. The van der Waals surface area contributed by atoms with Crippen molar-refractivity contribution in [2.75, 3.05) is 13.1 Å². The monoisotopic (exact) mass is 311 g/mol. The summed E-state index contributed by atoms with van der Waals surface area (Å²) in [6.07, 6.45) is 6.47. The summed E-state index contributed by atoms with van der Waals surface area (Å²) in [6, 6.07) is 6.58. The highest BCUT2D eigenvalue weighted by Gasteiger charge is 2.38. The largest absolute Gasteiger partial charge is 0.331 e. The molecule has 2 aliphatic rings. The van der Waals surface area contributed by atoms with Gasteiger partial charge < -0.3 is 10.2 Å². The maximum atomic E-state index is 13.1. The summed E-state index contributed by atoms with van der Waals surface area (Å²) in [4.78, 5) is 19.2. The summed E-state index contributed by atoms with van der Waals surface area (Å²) in [6.45, 7) is 3.92. The van der Waals surface area contributed by atoms with Gasteiger partial charge in [-0.25, -0.2) is 9.67 Å². The van der Waals surface area contributed by atoms with Gasteiger partial charge in [-0.05, 0) is 56.5 Å². The lowest BCUT2D eigenvalue weighted by molar-refractivity contribution is 0.0679. The highest BCUT2D eigenvalue weighted by atomic mass is 16.2. The number of amides is 1. The van der Waals surface area contributed by atoms with Crippen LogP contribution in [0.4, 0.5) is 0 Å². The second kappa shape index (κ2) is 5.77. The first-order valence-corrected chi connectivity index (χ1v) is 8.23. The Hall–Kier alpha value is -2.21. The normalized spacial score (nSPS) is 23.8. The van der Waals surface area contributed by atoms with Crippen LogP contribution in [-0.2, 0) is 0 Å². The molecule has 120 valence electrons. The number of hydrogen-bond donors (Lipinski definition) is 1. The van der Waals surface area contributed by atoms with E-state index in [0.717, 1.165) is 49.2 Å². The maximum Gasteiger partial charge on any atom is 0.254 e. The second-order valence-corrected chi connectivity index (χ2v) is 6.43. The highest BCUT2D eigenvalue weighted by molar-refractivity contribution is 5.96. The molecule has 23 heavy (non-hydrogen) atoms. The van der Waals surface area contributed by atoms with Crippen LogP contribution < -0.4 is 5.32 Å². The fourth-order valence-corrected chi connectivity index (χ4v) is 3.82. The topological polar surface area (TPSA) is 63.1 Å². The first kappa shape index (κ1) is 14.4. The van der Waals surface area contributed by atoms with Gasteiger partial charge in [-0.3, -0.25) is 4.79 Å². The van der Waals surface area contributed by atoms with Crippen molar-refractivity contribution < 1.29 is 4.79 Å². The number of aromatic nitrogens is 3. The van der Waals surface area contributed by atoms with Gasteiger partial charge in [-0.1, -0.05) is 0 Å². The lowest BCUT2D eigenvalue weighted by Gasteiger charge is -2.28. The molecule has 1 aromatic carbocycles. The average Bonchev–Trinajstić information content (AvgIpc) is 3.14. The van der Waals surface area contributed by atoms with Gasteiger partial charge >= 0.3 is 0 Å².